The number of nitrogens with one attached hydrogen (secondary N) is 1. The molecule has 3 aromatic rings. The van der Waals surface area contributed by atoms with Gasteiger partial charge in [0, 0.05) is 0 Å². The molecule has 0 aliphatic carbocycles. The molecule has 0 fully saturated rings. The standard InChI is InChI=1S/C11H12Si.C4H4N.2ClH.Ti/c1-12(2)11-7-9-5-3-4-6-10(9)8-11;1-2-4-5-3-1;;;/h3-8H,1-2H3;1-3,5H;2*1H;/q2*-1;;;+4/p-2. The number of hydrogen-bond acceptors (Lipinski definition) is 0. The summed E-state index contributed by atoms with van der Waals surface area (Å²) in [6, 6.07) is 16.9. The average Bonchev–Trinajstić information content (AvgIpc) is 3.01. The van der Waals surface area contributed by atoms with Crippen molar-refractivity contribution in [2.24, 2.45) is 0 Å². The van der Waals surface area contributed by atoms with Crippen molar-refractivity contribution in [3.8, 4) is 0 Å². The maximum atomic E-state index is 2.74. The third-order valence-electron chi connectivity index (χ3n) is 2.64. The monoisotopic (exact) mass is 356 g/mol. The summed E-state index contributed by atoms with van der Waals surface area (Å²) >= 11 is 0. The molecule has 5 heteroatoms. The second kappa shape index (κ2) is 11.3. The van der Waals surface area contributed by atoms with Crippen LogP contribution in [0.2, 0.25) is 13.1 Å². The zero-order chi connectivity index (χ0) is 12.1. The number of H-pyrrole nitrogens is 1. The van der Waals surface area contributed by atoms with Gasteiger partial charge in [0.15, 0.2) is 0 Å². The number of halogens is 2. The Balaban J connectivity index is 0. The Morgan fingerprint density at radius 2 is 1.80 bits per heavy atom. The third kappa shape index (κ3) is 6.38. The van der Waals surface area contributed by atoms with Crippen LogP contribution in [0.3, 0.4) is 0 Å². The van der Waals surface area contributed by atoms with Crippen molar-refractivity contribution < 1.29 is 46.5 Å². The first-order valence-electron chi connectivity index (χ1n) is 5.73. The summed E-state index contributed by atoms with van der Waals surface area (Å²) in [5.41, 5.74) is 0. The summed E-state index contributed by atoms with van der Waals surface area (Å²) in [7, 11) is -0.273. The molecule has 20 heavy (non-hydrogen) atoms. The first-order valence-corrected chi connectivity index (χ1v) is 8.23. The van der Waals surface area contributed by atoms with Gasteiger partial charge in [-0.05, 0) is 0 Å². The summed E-state index contributed by atoms with van der Waals surface area (Å²) in [6.45, 7) is 4.66. The van der Waals surface area contributed by atoms with Gasteiger partial charge in [-0.1, -0.05) is 19.2 Å². The van der Waals surface area contributed by atoms with Crippen molar-refractivity contribution in [3.05, 3.63) is 60.9 Å². The summed E-state index contributed by atoms with van der Waals surface area (Å²) in [4.78, 5) is 2.74. The van der Waals surface area contributed by atoms with Gasteiger partial charge in [-0.3, -0.25) is 0 Å². The molecule has 103 valence electrons. The maximum Gasteiger partial charge on any atom is 4.00 e. The van der Waals surface area contributed by atoms with E-state index >= 15 is 0 Å². The van der Waals surface area contributed by atoms with Crippen LogP contribution in [0.4, 0.5) is 0 Å². The van der Waals surface area contributed by atoms with Gasteiger partial charge in [-0.25, -0.2) is 0 Å². The van der Waals surface area contributed by atoms with E-state index in [1.165, 1.54) is 10.8 Å². The van der Waals surface area contributed by atoms with Gasteiger partial charge in [0.05, 0.1) is 8.80 Å². The van der Waals surface area contributed by atoms with Crippen LogP contribution < -0.4 is 30.0 Å². The minimum absolute atomic E-state index is 0. The van der Waals surface area contributed by atoms with Gasteiger partial charge in [0.2, 0.25) is 0 Å². The van der Waals surface area contributed by atoms with Gasteiger partial charge in [-0.2, -0.15) is 35.0 Å². The minimum Gasteiger partial charge on any atom is -1.00 e. The molecule has 3 rings (SSSR count). The second-order valence-electron chi connectivity index (χ2n) is 4.19. The van der Waals surface area contributed by atoms with E-state index in [-0.39, 0.29) is 55.3 Å². The van der Waals surface area contributed by atoms with E-state index in [9.17, 15) is 0 Å². The molecular formula is C15H16Cl2NSiTi. The fourth-order valence-electron chi connectivity index (χ4n) is 1.68. The zero-order valence-electron chi connectivity index (χ0n) is 11.5. The molecule has 0 saturated heterocycles. The van der Waals surface area contributed by atoms with Crippen molar-refractivity contribution in [2.45, 2.75) is 13.1 Å². The molecule has 0 amide bonds. The Bertz CT molecular complexity index is 514. The van der Waals surface area contributed by atoms with Crippen molar-refractivity contribution in [3.63, 3.8) is 0 Å². The zero-order valence-corrected chi connectivity index (χ0v) is 15.5. The molecular weight excluding hydrogens is 341 g/mol. The number of benzene rings is 1. The number of hydrogen-bond donors (Lipinski definition) is 1. The van der Waals surface area contributed by atoms with Crippen molar-refractivity contribution in [1.82, 2.24) is 4.98 Å². The molecule has 1 heterocycles. The van der Waals surface area contributed by atoms with Crippen LogP contribution in [0.1, 0.15) is 0 Å². The molecule has 1 radical (unpaired) electrons. The van der Waals surface area contributed by atoms with Crippen LogP contribution in [0.15, 0.2) is 54.7 Å². The van der Waals surface area contributed by atoms with E-state index in [1.807, 2.05) is 18.3 Å². The van der Waals surface area contributed by atoms with E-state index in [2.05, 4.69) is 60.7 Å². The van der Waals surface area contributed by atoms with Crippen molar-refractivity contribution in [2.75, 3.05) is 0 Å². The summed E-state index contributed by atoms with van der Waals surface area (Å²) in [5, 5.41) is 4.32. The number of aromatic amines is 1. The van der Waals surface area contributed by atoms with E-state index in [4.69, 9.17) is 0 Å². The molecule has 0 aliphatic heterocycles. The van der Waals surface area contributed by atoms with Crippen molar-refractivity contribution in [1.29, 1.82) is 0 Å². The fourth-order valence-corrected chi connectivity index (χ4v) is 2.57. The summed E-state index contributed by atoms with van der Waals surface area (Å²) in [6.07, 6.45) is 4.56. The van der Waals surface area contributed by atoms with Crippen LogP contribution in [0.5, 0.6) is 0 Å². The molecule has 0 saturated carbocycles. The second-order valence-corrected chi connectivity index (χ2v) is 6.76. The van der Waals surface area contributed by atoms with Crippen molar-refractivity contribution >= 4 is 24.8 Å². The Labute approximate surface area is 149 Å². The topological polar surface area (TPSA) is 15.8 Å². The van der Waals surface area contributed by atoms with Gasteiger partial charge >= 0.3 is 21.7 Å². The molecule has 0 bridgehead atoms. The van der Waals surface area contributed by atoms with Gasteiger partial charge in [-0.15, -0.1) is 35.8 Å². The van der Waals surface area contributed by atoms with E-state index in [0.29, 0.717) is 0 Å². The molecule has 0 aliphatic rings. The molecule has 1 nitrogen and oxygen atoms in total. The normalized spacial score (nSPS) is 8.75. The Morgan fingerprint density at radius 3 is 2.25 bits per heavy atom. The molecule has 0 unspecified atom stereocenters. The predicted octanol–water partition coefficient (Wildman–Crippen LogP) is -2.66. The Kier molecular flexibility index (Phi) is 12.4. The molecule has 0 atom stereocenters. The quantitative estimate of drug-likeness (QED) is 0.362. The van der Waals surface area contributed by atoms with Gasteiger partial charge in [0.25, 0.3) is 0 Å². The van der Waals surface area contributed by atoms with Crippen LogP contribution in [-0.2, 0) is 21.7 Å². The average molecular weight is 357 g/mol. The fraction of sp³-hybridized carbons (Fsp3) is 0.133. The molecule has 0 spiro atoms. The van der Waals surface area contributed by atoms with Crippen LogP contribution in [0.25, 0.3) is 10.8 Å². The number of aromatic nitrogens is 1. The maximum absolute atomic E-state index is 2.74. The summed E-state index contributed by atoms with van der Waals surface area (Å²) in [5.74, 6) is 0. The van der Waals surface area contributed by atoms with Crippen LogP contribution in [0, 0.1) is 6.20 Å². The van der Waals surface area contributed by atoms with Gasteiger partial charge < -0.3 is 29.8 Å². The first-order chi connectivity index (χ1) is 8.27. The largest absolute Gasteiger partial charge is 4.00 e. The number of fused-ring (bicyclic) bond motifs is 1. The van der Waals surface area contributed by atoms with E-state index < -0.39 is 0 Å². The smallest absolute Gasteiger partial charge is 1.00 e. The minimum atomic E-state index is -0.273. The van der Waals surface area contributed by atoms with Crippen LogP contribution >= 0.6 is 0 Å². The Hall–Kier alpha value is -0.379. The van der Waals surface area contributed by atoms with Crippen LogP contribution in [-0.4, -0.2) is 13.8 Å². The van der Waals surface area contributed by atoms with E-state index in [0.717, 1.165) is 0 Å². The Morgan fingerprint density at radius 1 is 1.10 bits per heavy atom. The molecule has 1 N–H and O–H groups in total. The van der Waals surface area contributed by atoms with E-state index in [1.54, 1.807) is 5.19 Å². The third-order valence-corrected chi connectivity index (χ3v) is 4.08. The first kappa shape index (κ1) is 21.9. The molecule has 1 aromatic heterocycles. The van der Waals surface area contributed by atoms with Gasteiger partial charge in [0.1, 0.15) is 0 Å². The summed E-state index contributed by atoms with van der Waals surface area (Å²) < 4.78 is 0. The SMILES string of the molecule is C[Si](C)c1cc2ccccc2[cH-]1.[Cl-].[Cl-].[Ti+4].[c-]1ccc[nH]1. The number of rotatable bonds is 1. The molecule has 2 aromatic carbocycles. The predicted molar refractivity (Wildman–Crippen MR) is 76.3 cm³/mol.